The predicted octanol–water partition coefficient (Wildman–Crippen LogP) is 1.65. The number of anilines is 1. The highest BCUT2D eigenvalue weighted by Gasteiger charge is 2.41. The third-order valence-corrected chi connectivity index (χ3v) is 5.40. The van der Waals surface area contributed by atoms with Crippen LogP contribution in [-0.2, 0) is 4.79 Å². The number of piperidine rings is 1. The van der Waals surface area contributed by atoms with Crippen molar-refractivity contribution in [2.75, 3.05) is 25.5 Å². The molecule has 2 aliphatic rings. The van der Waals surface area contributed by atoms with E-state index in [0.29, 0.717) is 30.2 Å². The van der Waals surface area contributed by atoms with E-state index in [-0.39, 0.29) is 0 Å². The fourth-order valence-corrected chi connectivity index (χ4v) is 4.12. The first kappa shape index (κ1) is 13.5. The molecule has 1 saturated carbocycles. The molecule has 116 valence electrons. The minimum absolute atomic E-state index is 0.291. The Bertz CT molecular complexity index is 711. The molecule has 6 nitrogen and oxygen atoms in total. The molecule has 0 bridgehead atoms. The second-order valence-corrected chi connectivity index (χ2v) is 6.67. The Hall–Kier alpha value is -2.11. The van der Waals surface area contributed by atoms with E-state index < -0.39 is 0 Å². The first-order chi connectivity index (χ1) is 10.6. The maximum Gasteiger partial charge on any atom is 0.222 e. The topological polar surface area (TPSA) is 65.1 Å². The van der Waals surface area contributed by atoms with Gasteiger partial charge in [-0.2, -0.15) is 0 Å². The van der Waals surface area contributed by atoms with Crippen molar-refractivity contribution in [3.63, 3.8) is 0 Å². The number of nitrogens with zero attached hydrogens (tertiary/aromatic N) is 4. The van der Waals surface area contributed by atoms with E-state index in [4.69, 9.17) is 0 Å². The molecule has 0 spiro atoms. The lowest BCUT2D eigenvalue weighted by Crippen LogP contribution is -2.39. The number of carbonyl (C=O) groups is 1. The number of amides is 1. The smallest absolute Gasteiger partial charge is 0.222 e. The molecule has 2 aromatic rings. The van der Waals surface area contributed by atoms with Crippen LogP contribution in [0.2, 0.25) is 0 Å². The summed E-state index contributed by atoms with van der Waals surface area (Å²) in [7, 11) is 4.03. The van der Waals surface area contributed by atoms with Crippen molar-refractivity contribution in [3.05, 3.63) is 18.6 Å². The van der Waals surface area contributed by atoms with Gasteiger partial charge in [0, 0.05) is 39.3 Å². The number of rotatable bonds is 2. The quantitative estimate of drug-likeness (QED) is 0.916. The van der Waals surface area contributed by atoms with E-state index in [9.17, 15) is 4.79 Å². The van der Waals surface area contributed by atoms with E-state index in [1.165, 1.54) is 0 Å². The van der Waals surface area contributed by atoms with Crippen molar-refractivity contribution in [2.24, 2.45) is 11.8 Å². The summed E-state index contributed by atoms with van der Waals surface area (Å²) in [5, 5.41) is 1.06. The van der Waals surface area contributed by atoms with Gasteiger partial charge in [0.05, 0.1) is 5.39 Å². The molecule has 3 heterocycles. The van der Waals surface area contributed by atoms with Gasteiger partial charge in [-0.05, 0) is 30.7 Å². The Kier molecular flexibility index (Phi) is 3.06. The molecule has 4 rings (SSSR count). The highest BCUT2D eigenvalue weighted by molar-refractivity contribution is 5.87. The van der Waals surface area contributed by atoms with Gasteiger partial charge in [0.25, 0.3) is 0 Å². The number of hydrogen-bond donors (Lipinski definition) is 1. The number of nitrogens with one attached hydrogen (secondary N) is 1. The van der Waals surface area contributed by atoms with Crippen molar-refractivity contribution in [1.82, 2.24) is 19.9 Å². The molecule has 2 fully saturated rings. The third-order valence-electron chi connectivity index (χ3n) is 5.40. The standard InChI is InChI=1S/C16H21N5O/c1-20-8-11-6-12(5-10(11)7-14(20)22)21(2)16-13-3-4-17-15(13)18-9-19-16/h3-4,9-12H,5-8H2,1-2H3,(H,17,18,19)/t10-,11+,12?/m1/s1. The number of hydrogen-bond acceptors (Lipinski definition) is 4. The molecule has 0 aromatic carbocycles. The van der Waals surface area contributed by atoms with Gasteiger partial charge in [0.2, 0.25) is 5.91 Å². The second kappa shape index (κ2) is 4.97. The molecule has 1 aliphatic heterocycles. The van der Waals surface area contributed by atoms with Crippen molar-refractivity contribution in [2.45, 2.75) is 25.3 Å². The fourth-order valence-electron chi connectivity index (χ4n) is 4.12. The molecule has 0 radical (unpaired) electrons. The summed E-state index contributed by atoms with van der Waals surface area (Å²) in [6.07, 6.45) is 6.43. The minimum Gasteiger partial charge on any atom is -0.356 e. The summed E-state index contributed by atoms with van der Waals surface area (Å²) in [4.78, 5) is 28.0. The van der Waals surface area contributed by atoms with Gasteiger partial charge in [0.15, 0.2) is 0 Å². The molecule has 22 heavy (non-hydrogen) atoms. The zero-order chi connectivity index (χ0) is 15.3. The fraction of sp³-hybridized carbons (Fsp3) is 0.562. The Morgan fingerprint density at radius 2 is 2.14 bits per heavy atom. The van der Waals surface area contributed by atoms with Crippen LogP contribution in [0.25, 0.3) is 11.0 Å². The van der Waals surface area contributed by atoms with Gasteiger partial charge in [-0.25, -0.2) is 9.97 Å². The van der Waals surface area contributed by atoms with Crippen LogP contribution >= 0.6 is 0 Å². The average molecular weight is 299 g/mol. The summed E-state index contributed by atoms with van der Waals surface area (Å²) in [6.45, 7) is 0.900. The molecule has 1 amide bonds. The molecular formula is C16H21N5O. The van der Waals surface area contributed by atoms with E-state index in [2.05, 4.69) is 26.9 Å². The highest BCUT2D eigenvalue weighted by Crippen LogP contribution is 2.41. The molecule has 1 N–H and O–H groups in total. The molecule has 1 aliphatic carbocycles. The molecule has 6 heteroatoms. The highest BCUT2D eigenvalue weighted by atomic mass is 16.2. The van der Waals surface area contributed by atoms with Gasteiger partial charge < -0.3 is 14.8 Å². The maximum absolute atomic E-state index is 11.9. The van der Waals surface area contributed by atoms with E-state index in [1.807, 2.05) is 24.2 Å². The van der Waals surface area contributed by atoms with Gasteiger partial charge in [0.1, 0.15) is 17.8 Å². The van der Waals surface area contributed by atoms with Gasteiger partial charge in [-0.3, -0.25) is 4.79 Å². The minimum atomic E-state index is 0.291. The summed E-state index contributed by atoms with van der Waals surface area (Å²) < 4.78 is 0. The molecule has 3 atom stereocenters. The number of fused-ring (bicyclic) bond motifs is 2. The van der Waals surface area contributed by atoms with Gasteiger partial charge in [-0.15, -0.1) is 0 Å². The summed E-state index contributed by atoms with van der Waals surface area (Å²) in [6, 6.07) is 2.47. The first-order valence-corrected chi connectivity index (χ1v) is 7.88. The van der Waals surface area contributed by atoms with Crippen LogP contribution in [0.3, 0.4) is 0 Å². The largest absolute Gasteiger partial charge is 0.356 e. The Morgan fingerprint density at radius 1 is 1.32 bits per heavy atom. The van der Waals surface area contributed by atoms with Gasteiger partial charge >= 0.3 is 0 Å². The monoisotopic (exact) mass is 299 g/mol. The number of H-pyrrole nitrogens is 1. The summed E-state index contributed by atoms with van der Waals surface area (Å²) in [5.41, 5.74) is 0.877. The van der Waals surface area contributed by atoms with Crippen LogP contribution in [0, 0.1) is 11.8 Å². The normalized spacial score (nSPS) is 28.2. The zero-order valence-corrected chi connectivity index (χ0v) is 13.0. The average Bonchev–Trinajstić information content (AvgIpc) is 3.13. The molecule has 1 saturated heterocycles. The van der Waals surface area contributed by atoms with Crippen LogP contribution in [0.15, 0.2) is 18.6 Å². The van der Waals surface area contributed by atoms with Crippen LogP contribution in [0.5, 0.6) is 0 Å². The molecular weight excluding hydrogens is 278 g/mol. The lowest BCUT2D eigenvalue weighted by Gasteiger charge is -2.31. The third kappa shape index (κ3) is 2.05. The lowest BCUT2D eigenvalue weighted by molar-refractivity contribution is -0.134. The van der Waals surface area contributed by atoms with Crippen molar-refractivity contribution < 1.29 is 4.79 Å². The zero-order valence-electron chi connectivity index (χ0n) is 13.0. The lowest BCUT2D eigenvalue weighted by atomic mass is 9.88. The summed E-state index contributed by atoms with van der Waals surface area (Å²) >= 11 is 0. The Labute approximate surface area is 129 Å². The second-order valence-electron chi connectivity index (χ2n) is 6.67. The number of aromatic amines is 1. The summed E-state index contributed by atoms with van der Waals surface area (Å²) in [5.74, 6) is 2.42. The van der Waals surface area contributed by atoms with Gasteiger partial charge in [-0.1, -0.05) is 0 Å². The van der Waals surface area contributed by atoms with E-state index in [1.54, 1.807) is 6.33 Å². The van der Waals surface area contributed by atoms with E-state index >= 15 is 0 Å². The van der Waals surface area contributed by atoms with Crippen LogP contribution in [-0.4, -0.2) is 52.4 Å². The van der Waals surface area contributed by atoms with Crippen molar-refractivity contribution >= 4 is 22.8 Å². The maximum atomic E-state index is 11.9. The Morgan fingerprint density at radius 3 is 3.00 bits per heavy atom. The molecule has 2 aromatic heterocycles. The number of aromatic nitrogens is 3. The number of carbonyl (C=O) groups excluding carboxylic acids is 1. The van der Waals surface area contributed by atoms with Crippen LogP contribution in [0.4, 0.5) is 5.82 Å². The first-order valence-electron chi connectivity index (χ1n) is 7.88. The SMILES string of the molecule is CN1C[C@@H]2CC(N(C)c3ncnc4[nH]ccc34)C[C@@H]2CC1=O. The Balaban J connectivity index is 1.58. The molecule has 1 unspecified atom stereocenters. The van der Waals surface area contributed by atoms with Crippen molar-refractivity contribution in [3.8, 4) is 0 Å². The van der Waals surface area contributed by atoms with E-state index in [0.717, 1.165) is 36.2 Å². The van der Waals surface area contributed by atoms with Crippen molar-refractivity contribution in [1.29, 1.82) is 0 Å². The van der Waals surface area contributed by atoms with Crippen LogP contribution < -0.4 is 4.90 Å². The number of likely N-dealkylation sites (tertiary alicyclic amines) is 1. The van der Waals surface area contributed by atoms with Crippen LogP contribution in [0.1, 0.15) is 19.3 Å². The predicted molar refractivity (Wildman–Crippen MR) is 84.5 cm³/mol.